The summed E-state index contributed by atoms with van der Waals surface area (Å²) in [5, 5.41) is 12.4. The molecule has 4 rings (SSSR count). The average molecular weight is 487 g/mol. The Bertz CT molecular complexity index is 1510. The van der Waals surface area contributed by atoms with Crippen molar-refractivity contribution in [1.29, 1.82) is 0 Å². The Labute approximate surface area is 210 Å². The SMILES string of the molecule is COc1ccc(C(C)(C)C)cc1N=Cc1c(O)n(-c2ccc(OC)c(OC)c2)c(=O)c2ccccc12. The molecule has 0 saturated heterocycles. The molecule has 0 radical (unpaired) electrons. The maximum absolute atomic E-state index is 13.5. The standard InChI is InChI=1S/C29H30N2O5/c1-29(2,3)18-11-13-24(34-4)23(15-18)30-17-22-20-9-7-8-10-21(20)27(32)31(28(22)33)19-12-14-25(35-5)26(16-19)36-6/h7-17,33H,1-6H3. The normalized spacial score (nSPS) is 11.7. The largest absolute Gasteiger partial charge is 0.494 e. The molecular weight excluding hydrogens is 456 g/mol. The summed E-state index contributed by atoms with van der Waals surface area (Å²) in [6.07, 6.45) is 1.57. The molecule has 7 heteroatoms. The van der Waals surface area contributed by atoms with E-state index in [0.29, 0.717) is 45.0 Å². The first-order chi connectivity index (χ1) is 17.2. The van der Waals surface area contributed by atoms with Gasteiger partial charge in [0.15, 0.2) is 11.5 Å². The lowest BCUT2D eigenvalue weighted by Gasteiger charge is -2.20. The van der Waals surface area contributed by atoms with Gasteiger partial charge < -0.3 is 19.3 Å². The Balaban J connectivity index is 1.95. The van der Waals surface area contributed by atoms with E-state index in [0.717, 1.165) is 5.56 Å². The molecule has 186 valence electrons. The minimum Gasteiger partial charge on any atom is -0.494 e. The number of methoxy groups -OCH3 is 3. The fourth-order valence-corrected chi connectivity index (χ4v) is 4.08. The van der Waals surface area contributed by atoms with Crippen molar-refractivity contribution < 1.29 is 19.3 Å². The van der Waals surface area contributed by atoms with Crippen LogP contribution in [0.1, 0.15) is 31.9 Å². The van der Waals surface area contributed by atoms with E-state index in [2.05, 4.69) is 25.8 Å². The monoisotopic (exact) mass is 486 g/mol. The number of aliphatic imine (C=N–C) groups is 1. The molecule has 0 aliphatic carbocycles. The number of hydrogen-bond acceptors (Lipinski definition) is 6. The number of nitrogens with zero attached hydrogens (tertiary/aromatic N) is 2. The molecule has 0 atom stereocenters. The second kappa shape index (κ2) is 9.77. The number of ether oxygens (including phenoxy) is 3. The molecule has 0 aliphatic rings. The number of fused-ring (bicyclic) bond motifs is 1. The summed E-state index contributed by atoms with van der Waals surface area (Å²) in [6, 6.07) is 18.0. The molecule has 0 saturated carbocycles. The first kappa shape index (κ1) is 24.9. The molecule has 0 bridgehead atoms. The van der Waals surface area contributed by atoms with E-state index in [1.165, 1.54) is 18.8 Å². The van der Waals surface area contributed by atoms with Gasteiger partial charge in [0.05, 0.1) is 32.6 Å². The Morgan fingerprint density at radius 1 is 0.833 bits per heavy atom. The molecule has 1 heterocycles. The Hall–Kier alpha value is -4.26. The first-order valence-corrected chi connectivity index (χ1v) is 11.5. The minimum atomic E-state index is -0.361. The summed E-state index contributed by atoms with van der Waals surface area (Å²) in [6.45, 7) is 6.38. The van der Waals surface area contributed by atoms with Gasteiger partial charge in [0.25, 0.3) is 5.56 Å². The van der Waals surface area contributed by atoms with Crippen molar-refractivity contribution >= 4 is 22.7 Å². The third-order valence-corrected chi connectivity index (χ3v) is 6.11. The first-order valence-electron chi connectivity index (χ1n) is 11.5. The van der Waals surface area contributed by atoms with Crippen molar-refractivity contribution in [3.05, 3.63) is 82.1 Å². The second-order valence-corrected chi connectivity index (χ2v) is 9.36. The molecule has 1 N–H and O–H groups in total. The van der Waals surface area contributed by atoms with Crippen LogP contribution in [-0.4, -0.2) is 37.2 Å². The molecule has 0 amide bonds. The highest BCUT2D eigenvalue weighted by Gasteiger charge is 2.19. The van der Waals surface area contributed by atoms with Gasteiger partial charge in [-0.2, -0.15) is 0 Å². The van der Waals surface area contributed by atoms with Gasteiger partial charge in [-0.15, -0.1) is 0 Å². The third-order valence-electron chi connectivity index (χ3n) is 6.11. The number of aromatic nitrogens is 1. The highest BCUT2D eigenvalue weighted by Crippen LogP contribution is 2.35. The topological polar surface area (TPSA) is 82.3 Å². The van der Waals surface area contributed by atoms with Crippen LogP contribution in [0.5, 0.6) is 23.1 Å². The number of benzene rings is 3. The number of hydrogen-bond donors (Lipinski definition) is 1. The molecule has 1 aromatic heterocycles. The maximum atomic E-state index is 13.5. The highest BCUT2D eigenvalue weighted by atomic mass is 16.5. The van der Waals surface area contributed by atoms with Crippen LogP contribution in [0.2, 0.25) is 0 Å². The minimum absolute atomic E-state index is 0.0774. The van der Waals surface area contributed by atoms with Crippen molar-refractivity contribution in [3.8, 4) is 28.8 Å². The highest BCUT2D eigenvalue weighted by molar-refractivity contribution is 6.02. The molecular formula is C29H30N2O5. The number of aromatic hydroxyl groups is 1. The van der Waals surface area contributed by atoms with E-state index in [9.17, 15) is 9.90 Å². The smallest absolute Gasteiger partial charge is 0.265 e. The Morgan fingerprint density at radius 2 is 1.47 bits per heavy atom. The van der Waals surface area contributed by atoms with Gasteiger partial charge in [-0.25, -0.2) is 4.57 Å². The van der Waals surface area contributed by atoms with Crippen molar-refractivity contribution in [1.82, 2.24) is 4.57 Å². The van der Waals surface area contributed by atoms with Crippen LogP contribution in [0, 0.1) is 0 Å². The van der Waals surface area contributed by atoms with Crippen LogP contribution in [0.3, 0.4) is 0 Å². The lowest BCUT2D eigenvalue weighted by atomic mass is 9.87. The van der Waals surface area contributed by atoms with E-state index < -0.39 is 0 Å². The summed E-state index contributed by atoms with van der Waals surface area (Å²) in [5.74, 6) is 1.33. The van der Waals surface area contributed by atoms with Crippen molar-refractivity contribution in [2.24, 2.45) is 4.99 Å². The predicted octanol–water partition coefficient (Wildman–Crippen LogP) is 5.77. The molecule has 3 aromatic carbocycles. The third kappa shape index (κ3) is 4.52. The summed E-state index contributed by atoms with van der Waals surface area (Å²) < 4.78 is 17.5. The number of rotatable bonds is 6. The molecule has 0 spiro atoms. The van der Waals surface area contributed by atoms with Crippen molar-refractivity contribution in [2.75, 3.05) is 21.3 Å². The average Bonchev–Trinajstić information content (AvgIpc) is 2.87. The van der Waals surface area contributed by atoms with E-state index in [1.807, 2.05) is 24.3 Å². The van der Waals surface area contributed by atoms with Crippen molar-refractivity contribution in [3.63, 3.8) is 0 Å². The van der Waals surface area contributed by atoms with Crippen molar-refractivity contribution in [2.45, 2.75) is 26.2 Å². The molecule has 36 heavy (non-hydrogen) atoms. The van der Waals surface area contributed by atoms with Crippen LogP contribution in [0.15, 0.2) is 70.5 Å². The quantitative estimate of drug-likeness (QED) is 0.350. The van der Waals surface area contributed by atoms with Gasteiger partial charge in [0.2, 0.25) is 5.88 Å². The lowest BCUT2D eigenvalue weighted by Crippen LogP contribution is -2.20. The predicted molar refractivity (Wildman–Crippen MR) is 143 cm³/mol. The van der Waals surface area contributed by atoms with Crippen LogP contribution in [-0.2, 0) is 5.41 Å². The van der Waals surface area contributed by atoms with Gasteiger partial charge >= 0.3 is 0 Å². The van der Waals surface area contributed by atoms with Crippen LogP contribution in [0.4, 0.5) is 5.69 Å². The van der Waals surface area contributed by atoms with Gasteiger partial charge in [-0.3, -0.25) is 9.79 Å². The fraction of sp³-hybridized carbons (Fsp3) is 0.241. The van der Waals surface area contributed by atoms with Gasteiger partial charge in [-0.1, -0.05) is 45.0 Å². The zero-order valence-electron chi connectivity index (χ0n) is 21.3. The number of pyridine rings is 1. The van der Waals surface area contributed by atoms with Gasteiger partial charge in [-0.05, 0) is 41.3 Å². The summed E-state index contributed by atoms with van der Waals surface area (Å²) in [5.41, 5.74) is 2.12. The van der Waals surface area contributed by atoms with E-state index in [1.54, 1.807) is 49.7 Å². The summed E-state index contributed by atoms with van der Waals surface area (Å²) in [4.78, 5) is 18.1. The van der Waals surface area contributed by atoms with E-state index >= 15 is 0 Å². The van der Waals surface area contributed by atoms with Gasteiger partial charge in [0, 0.05) is 23.1 Å². The van der Waals surface area contributed by atoms with E-state index in [4.69, 9.17) is 14.2 Å². The molecule has 7 nitrogen and oxygen atoms in total. The molecule has 4 aromatic rings. The Kier molecular flexibility index (Phi) is 6.75. The molecule has 0 unspecified atom stereocenters. The van der Waals surface area contributed by atoms with Crippen LogP contribution >= 0.6 is 0 Å². The second-order valence-electron chi connectivity index (χ2n) is 9.36. The zero-order chi connectivity index (χ0) is 26.0. The molecule has 0 fully saturated rings. The van der Waals surface area contributed by atoms with E-state index in [-0.39, 0.29) is 16.9 Å². The fourth-order valence-electron chi connectivity index (χ4n) is 4.08. The summed E-state index contributed by atoms with van der Waals surface area (Å²) >= 11 is 0. The summed E-state index contributed by atoms with van der Waals surface area (Å²) in [7, 11) is 4.64. The Morgan fingerprint density at radius 3 is 2.11 bits per heavy atom. The lowest BCUT2D eigenvalue weighted by molar-refractivity contribution is 0.354. The van der Waals surface area contributed by atoms with Gasteiger partial charge in [0.1, 0.15) is 11.4 Å². The zero-order valence-corrected chi connectivity index (χ0v) is 21.3. The maximum Gasteiger partial charge on any atom is 0.265 e. The molecule has 0 aliphatic heterocycles. The van der Waals surface area contributed by atoms with Crippen LogP contribution < -0.4 is 19.8 Å². The van der Waals surface area contributed by atoms with Crippen LogP contribution in [0.25, 0.3) is 16.5 Å².